The Morgan fingerprint density at radius 2 is 1.71 bits per heavy atom. The predicted molar refractivity (Wildman–Crippen MR) is 70.1 cm³/mol. The molecule has 1 fully saturated rings. The minimum Gasteiger partial charge on any atom is -0.319 e. The highest BCUT2D eigenvalue weighted by molar-refractivity contribution is 7.71. The molecule has 1 heterocycles. The topological polar surface area (TPSA) is 20.3 Å². The third kappa shape index (κ3) is 2.78. The van der Waals surface area contributed by atoms with Gasteiger partial charge in [0.25, 0.3) is 0 Å². The average Bonchev–Trinajstić information content (AvgIpc) is 2.30. The maximum Gasteiger partial charge on any atom is 0.123 e. The Kier molecular flexibility index (Phi) is 3.70. The molecule has 0 bridgehead atoms. The molecule has 1 aromatic carbocycles. The van der Waals surface area contributed by atoms with Gasteiger partial charge >= 0.3 is 0 Å². The molecule has 0 aromatic heterocycles. The Balaban J connectivity index is 2.12. The van der Waals surface area contributed by atoms with Crippen LogP contribution < -0.4 is 5.30 Å². The van der Waals surface area contributed by atoms with Crippen molar-refractivity contribution in [1.29, 1.82) is 0 Å². The highest BCUT2D eigenvalue weighted by atomic mass is 31.2. The molecule has 0 atom stereocenters. The van der Waals surface area contributed by atoms with Gasteiger partial charge in [-0.2, -0.15) is 0 Å². The van der Waals surface area contributed by atoms with E-state index in [0.717, 1.165) is 30.7 Å². The van der Waals surface area contributed by atoms with Gasteiger partial charge in [-0.3, -0.25) is 4.90 Å². The predicted octanol–water partition coefficient (Wildman–Crippen LogP) is 2.54. The van der Waals surface area contributed by atoms with E-state index in [1.165, 1.54) is 12.1 Å². The SMILES string of the molecule is CC(C)N1CCP(=O)(c2ccc(F)cc2)CC1. The second kappa shape index (κ2) is 4.91. The molecule has 17 heavy (non-hydrogen) atoms. The van der Waals surface area contributed by atoms with Crippen LogP contribution in [-0.4, -0.2) is 36.4 Å². The molecular weight excluding hydrogens is 236 g/mol. The van der Waals surface area contributed by atoms with Gasteiger partial charge in [0.1, 0.15) is 13.0 Å². The molecule has 2 rings (SSSR count). The minimum absolute atomic E-state index is 0.263. The van der Waals surface area contributed by atoms with Crippen LogP contribution >= 0.6 is 7.14 Å². The van der Waals surface area contributed by atoms with Crippen molar-refractivity contribution < 1.29 is 8.96 Å². The zero-order chi connectivity index (χ0) is 12.5. The third-order valence-corrected chi connectivity index (χ3v) is 6.61. The molecule has 0 unspecified atom stereocenters. The maximum absolute atomic E-state index is 12.8. The Hall–Kier alpha value is -0.660. The highest BCUT2D eigenvalue weighted by Gasteiger charge is 2.31. The van der Waals surface area contributed by atoms with Crippen molar-refractivity contribution >= 4 is 12.4 Å². The lowest BCUT2D eigenvalue weighted by Crippen LogP contribution is -2.41. The molecule has 1 aliphatic rings. The van der Waals surface area contributed by atoms with Crippen LogP contribution in [-0.2, 0) is 4.57 Å². The molecule has 94 valence electrons. The Bertz CT molecular complexity index is 418. The van der Waals surface area contributed by atoms with Crippen LogP contribution in [0.2, 0.25) is 0 Å². The van der Waals surface area contributed by atoms with Crippen LogP contribution in [0.3, 0.4) is 0 Å². The van der Waals surface area contributed by atoms with Gasteiger partial charge in [-0.25, -0.2) is 4.39 Å². The zero-order valence-corrected chi connectivity index (χ0v) is 11.3. The minimum atomic E-state index is -2.27. The number of hydrogen-bond donors (Lipinski definition) is 0. The summed E-state index contributed by atoms with van der Waals surface area (Å²) in [5, 5.41) is 0.835. The largest absolute Gasteiger partial charge is 0.319 e. The molecule has 1 saturated heterocycles. The van der Waals surface area contributed by atoms with Crippen molar-refractivity contribution in [3.05, 3.63) is 30.1 Å². The van der Waals surface area contributed by atoms with Crippen molar-refractivity contribution in [3.8, 4) is 0 Å². The molecule has 1 aliphatic heterocycles. The van der Waals surface area contributed by atoms with E-state index in [-0.39, 0.29) is 5.82 Å². The number of halogens is 1. The molecule has 4 heteroatoms. The van der Waals surface area contributed by atoms with E-state index < -0.39 is 7.14 Å². The highest BCUT2D eigenvalue weighted by Crippen LogP contribution is 2.46. The van der Waals surface area contributed by atoms with Crippen molar-refractivity contribution in [3.63, 3.8) is 0 Å². The fourth-order valence-corrected chi connectivity index (χ4v) is 4.88. The number of nitrogens with zero attached hydrogens (tertiary/aromatic N) is 1. The molecule has 0 aliphatic carbocycles. The summed E-state index contributed by atoms with van der Waals surface area (Å²) in [5.41, 5.74) is 0. The maximum atomic E-state index is 12.8. The lowest BCUT2D eigenvalue weighted by molar-refractivity contribution is 0.240. The summed E-state index contributed by atoms with van der Waals surface area (Å²) in [6.45, 7) is 6.08. The molecule has 2 nitrogen and oxygen atoms in total. The lowest BCUT2D eigenvalue weighted by Gasteiger charge is -2.34. The number of benzene rings is 1. The number of hydrogen-bond acceptors (Lipinski definition) is 2. The first kappa shape index (κ1) is 12.8. The van der Waals surface area contributed by atoms with Crippen molar-refractivity contribution in [2.75, 3.05) is 25.4 Å². The quantitative estimate of drug-likeness (QED) is 0.757. The smallest absolute Gasteiger partial charge is 0.123 e. The van der Waals surface area contributed by atoms with Crippen LogP contribution in [0.5, 0.6) is 0 Å². The van der Waals surface area contributed by atoms with Crippen LogP contribution in [0, 0.1) is 5.82 Å². The van der Waals surface area contributed by atoms with Crippen molar-refractivity contribution in [2.24, 2.45) is 0 Å². The molecule has 0 spiro atoms. The normalized spacial score (nSPS) is 20.7. The summed E-state index contributed by atoms with van der Waals surface area (Å²) in [6.07, 6.45) is 1.44. The van der Waals surface area contributed by atoms with E-state index in [4.69, 9.17) is 0 Å². The van der Waals surface area contributed by atoms with Crippen LogP contribution in [0.15, 0.2) is 24.3 Å². The second-order valence-electron chi connectivity index (χ2n) is 4.94. The van der Waals surface area contributed by atoms with E-state index in [1.54, 1.807) is 12.1 Å². The van der Waals surface area contributed by atoms with Crippen LogP contribution in [0.1, 0.15) is 13.8 Å². The Morgan fingerprint density at radius 1 is 1.18 bits per heavy atom. The first-order valence-electron chi connectivity index (χ1n) is 6.09. The standard InChI is InChI=1S/C13H19FNOP/c1-11(2)15-7-9-17(16,10-8-15)13-5-3-12(14)4-6-13/h3-6,11H,7-10H2,1-2H3. The van der Waals surface area contributed by atoms with E-state index in [2.05, 4.69) is 18.7 Å². The molecular formula is C13H19FNOP. The molecule has 1 aromatic rings. The Labute approximate surface area is 102 Å². The summed E-state index contributed by atoms with van der Waals surface area (Å²) < 4.78 is 25.6. The summed E-state index contributed by atoms with van der Waals surface area (Å²) in [6, 6.07) is 6.69. The molecule has 0 N–H and O–H groups in total. The molecule has 0 amide bonds. The van der Waals surface area contributed by atoms with Gasteiger partial charge in [-0.15, -0.1) is 0 Å². The van der Waals surface area contributed by atoms with Crippen LogP contribution in [0.4, 0.5) is 4.39 Å². The van der Waals surface area contributed by atoms with Crippen LogP contribution in [0.25, 0.3) is 0 Å². The summed E-state index contributed by atoms with van der Waals surface area (Å²) in [4.78, 5) is 2.35. The summed E-state index contributed by atoms with van der Waals surface area (Å²) in [7, 11) is -2.27. The average molecular weight is 255 g/mol. The monoisotopic (exact) mass is 255 g/mol. The van der Waals surface area contributed by atoms with Gasteiger partial charge in [-0.05, 0) is 38.1 Å². The molecule has 0 radical (unpaired) electrons. The zero-order valence-electron chi connectivity index (χ0n) is 10.4. The fourth-order valence-electron chi connectivity index (χ4n) is 2.29. The van der Waals surface area contributed by atoms with Gasteiger partial charge in [0.2, 0.25) is 0 Å². The van der Waals surface area contributed by atoms with Gasteiger partial charge in [0, 0.05) is 36.8 Å². The van der Waals surface area contributed by atoms with E-state index in [1.807, 2.05) is 0 Å². The first-order chi connectivity index (χ1) is 8.01. The Morgan fingerprint density at radius 3 is 2.18 bits per heavy atom. The first-order valence-corrected chi connectivity index (χ1v) is 8.17. The molecule has 0 saturated carbocycles. The van der Waals surface area contributed by atoms with Gasteiger partial charge in [0.05, 0.1) is 0 Å². The second-order valence-corrected chi connectivity index (χ2v) is 8.13. The van der Waals surface area contributed by atoms with E-state index in [0.29, 0.717) is 6.04 Å². The third-order valence-electron chi connectivity index (χ3n) is 3.52. The van der Waals surface area contributed by atoms with Gasteiger partial charge in [-0.1, -0.05) is 0 Å². The van der Waals surface area contributed by atoms with Crippen molar-refractivity contribution in [1.82, 2.24) is 4.90 Å². The summed E-state index contributed by atoms with van der Waals surface area (Å²) in [5.74, 6) is -0.263. The lowest BCUT2D eigenvalue weighted by atomic mass is 10.3. The summed E-state index contributed by atoms with van der Waals surface area (Å²) >= 11 is 0. The number of rotatable bonds is 2. The van der Waals surface area contributed by atoms with Crippen molar-refractivity contribution in [2.45, 2.75) is 19.9 Å². The van der Waals surface area contributed by atoms with E-state index in [9.17, 15) is 8.96 Å². The van der Waals surface area contributed by atoms with Gasteiger partial charge in [0.15, 0.2) is 0 Å². The van der Waals surface area contributed by atoms with Gasteiger partial charge < -0.3 is 4.57 Å². The van der Waals surface area contributed by atoms with E-state index >= 15 is 0 Å². The fraction of sp³-hybridized carbons (Fsp3) is 0.538.